The number of hydrogen-bond acceptors (Lipinski definition) is 2. The minimum atomic E-state index is -0.781. The van der Waals surface area contributed by atoms with Gasteiger partial charge in [-0.25, -0.2) is 0 Å². The fourth-order valence-corrected chi connectivity index (χ4v) is 1.83. The Morgan fingerprint density at radius 3 is 2.79 bits per heavy atom. The number of aliphatic carboxylic acids is 1. The molecule has 1 saturated carbocycles. The molecule has 0 amide bonds. The number of nitrogens with zero attached hydrogens (tertiary/aromatic N) is 1. The second kappa shape index (κ2) is 3.58. The monoisotopic (exact) mass is 211 g/mol. The number of carbonyl (C=O) groups is 1. The number of rotatable bonds is 3. The standard InChI is InChI=1S/C10H10ClNO2/c11-8-3-7(4-12-5-8)9(10(13)14)6-1-2-6/h3-6,9H,1-2H2,(H,13,14). The Morgan fingerprint density at radius 2 is 2.29 bits per heavy atom. The summed E-state index contributed by atoms with van der Waals surface area (Å²) in [6.45, 7) is 0. The molecule has 0 aliphatic heterocycles. The second-order valence-corrected chi connectivity index (χ2v) is 4.03. The normalized spacial score (nSPS) is 17.8. The summed E-state index contributed by atoms with van der Waals surface area (Å²) in [7, 11) is 0. The van der Waals surface area contributed by atoms with Crippen molar-refractivity contribution >= 4 is 17.6 Å². The van der Waals surface area contributed by atoms with Gasteiger partial charge in [0.15, 0.2) is 0 Å². The van der Waals surface area contributed by atoms with Gasteiger partial charge in [0, 0.05) is 12.4 Å². The van der Waals surface area contributed by atoms with E-state index in [0.717, 1.165) is 12.8 Å². The van der Waals surface area contributed by atoms with Crippen molar-refractivity contribution in [1.29, 1.82) is 0 Å². The molecular formula is C10H10ClNO2. The van der Waals surface area contributed by atoms with E-state index in [4.69, 9.17) is 16.7 Å². The highest BCUT2D eigenvalue weighted by molar-refractivity contribution is 6.30. The molecule has 0 bridgehead atoms. The van der Waals surface area contributed by atoms with E-state index >= 15 is 0 Å². The summed E-state index contributed by atoms with van der Waals surface area (Å²) in [4.78, 5) is 14.9. The fourth-order valence-electron chi connectivity index (χ4n) is 1.64. The van der Waals surface area contributed by atoms with E-state index in [-0.39, 0.29) is 5.92 Å². The largest absolute Gasteiger partial charge is 0.481 e. The van der Waals surface area contributed by atoms with Gasteiger partial charge in [-0.05, 0) is 30.4 Å². The first kappa shape index (κ1) is 9.46. The van der Waals surface area contributed by atoms with Gasteiger partial charge in [0.1, 0.15) is 0 Å². The summed E-state index contributed by atoms with van der Waals surface area (Å²) in [6, 6.07) is 1.69. The lowest BCUT2D eigenvalue weighted by Crippen LogP contribution is -2.13. The molecule has 1 aliphatic carbocycles. The van der Waals surface area contributed by atoms with Crippen molar-refractivity contribution in [3.05, 3.63) is 29.0 Å². The Kier molecular flexibility index (Phi) is 2.42. The van der Waals surface area contributed by atoms with Crippen LogP contribution in [0.5, 0.6) is 0 Å². The number of aromatic nitrogens is 1. The highest BCUT2D eigenvalue weighted by Gasteiger charge is 2.37. The van der Waals surface area contributed by atoms with Gasteiger partial charge in [-0.1, -0.05) is 11.6 Å². The minimum absolute atomic E-state index is 0.271. The van der Waals surface area contributed by atoms with Gasteiger partial charge in [0.2, 0.25) is 0 Å². The molecule has 1 unspecified atom stereocenters. The Bertz CT molecular complexity index is 363. The summed E-state index contributed by atoms with van der Waals surface area (Å²) in [6.07, 6.45) is 5.08. The van der Waals surface area contributed by atoms with Crippen molar-refractivity contribution in [3.8, 4) is 0 Å². The fraction of sp³-hybridized carbons (Fsp3) is 0.400. The molecule has 1 N–H and O–H groups in total. The minimum Gasteiger partial charge on any atom is -0.481 e. The smallest absolute Gasteiger partial charge is 0.311 e. The molecule has 0 radical (unpaired) electrons. The molecule has 1 heterocycles. The van der Waals surface area contributed by atoms with Gasteiger partial charge in [-0.2, -0.15) is 0 Å². The Hall–Kier alpha value is -1.09. The molecule has 3 nitrogen and oxygen atoms in total. The van der Waals surface area contributed by atoms with Gasteiger partial charge in [-0.15, -0.1) is 0 Å². The molecule has 1 aromatic heterocycles. The Labute approximate surface area is 86.7 Å². The van der Waals surface area contributed by atoms with Crippen LogP contribution in [0.1, 0.15) is 24.3 Å². The lowest BCUT2D eigenvalue weighted by molar-refractivity contribution is -0.139. The first-order valence-electron chi connectivity index (χ1n) is 4.51. The van der Waals surface area contributed by atoms with E-state index in [0.29, 0.717) is 10.6 Å². The van der Waals surface area contributed by atoms with Gasteiger partial charge >= 0.3 is 5.97 Å². The Morgan fingerprint density at radius 1 is 1.57 bits per heavy atom. The zero-order chi connectivity index (χ0) is 10.1. The third-order valence-corrected chi connectivity index (χ3v) is 2.65. The molecule has 2 rings (SSSR count). The molecule has 74 valence electrons. The van der Waals surface area contributed by atoms with Crippen LogP contribution in [0, 0.1) is 5.92 Å². The van der Waals surface area contributed by atoms with Gasteiger partial charge in [0.05, 0.1) is 10.9 Å². The molecule has 1 fully saturated rings. The quantitative estimate of drug-likeness (QED) is 0.835. The van der Waals surface area contributed by atoms with Crippen LogP contribution >= 0.6 is 11.6 Å². The first-order valence-corrected chi connectivity index (χ1v) is 4.89. The topological polar surface area (TPSA) is 50.2 Å². The molecule has 4 heteroatoms. The van der Waals surface area contributed by atoms with Crippen LogP contribution in [-0.2, 0) is 4.79 Å². The molecule has 14 heavy (non-hydrogen) atoms. The maximum absolute atomic E-state index is 11.0. The number of carboxylic acids is 1. The molecule has 0 saturated heterocycles. The summed E-state index contributed by atoms with van der Waals surface area (Å²) in [5.74, 6) is -0.939. The number of carboxylic acid groups (broad SMARTS) is 1. The molecule has 0 spiro atoms. The zero-order valence-electron chi connectivity index (χ0n) is 7.48. The SMILES string of the molecule is O=C(O)C(c1cncc(Cl)c1)C1CC1. The van der Waals surface area contributed by atoms with E-state index in [9.17, 15) is 4.79 Å². The predicted octanol–water partition coefficient (Wildman–Crippen LogP) is 2.31. The molecule has 1 atom stereocenters. The van der Waals surface area contributed by atoms with Crippen LogP contribution < -0.4 is 0 Å². The van der Waals surface area contributed by atoms with Crippen LogP contribution in [0.4, 0.5) is 0 Å². The van der Waals surface area contributed by atoms with Crippen LogP contribution in [0.2, 0.25) is 5.02 Å². The summed E-state index contributed by atoms with van der Waals surface area (Å²) >= 11 is 5.76. The molecule has 0 aromatic carbocycles. The van der Waals surface area contributed by atoms with Crippen LogP contribution in [-0.4, -0.2) is 16.1 Å². The number of halogens is 1. The third kappa shape index (κ3) is 1.87. The van der Waals surface area contributed by atoms with Crippen LogP contribution in [0.25, 0.3) is 0 Å². The highest BCUT2D eigenvalue weighted by Crippen LogP contribution is 2.42. The first-order chi connectivity index (χ1) is 6.68. The van der Waals surface area contributed by atoms with Crippen molar-refractivity contribution in [2.45, 2.75) is 18.8 Å². The average Bonchev–Trinajstić information content (AvgIpc) is 2.88. The van der Waals surface area contributed by atoms with Crippen molar-refractivity contribution in [1.82, 2.24) is 4.98 Å². The predicted molar refractivity (Wildman–Crippen MR) is 52.3 cm³/mol. The maximum atomic E-state index is 11.0. The van der Waals surface area contributed by atoms with Crippen LogP contribution in [0.3, 0.4) is 0 Å². The third-order valence-electron chi connectivity index (χ3n) is 2.44. The van der Waals surface area contributed by atoms with E-state index < -0.39 is 11.9 Å². The number of hydrogen-bond donors (Lipinski definition) is 1. The van der Waals surface area contributed by atoms with Crippen molar-refractivity contribution in [2.24, 2.45) is 5.92 Å². The van der Waals surface area contributed by atoms with Gasteiger partial charge < -0.3 is 5.11 Å². The molecule has 1 aromatic rings. The van der Waals surface area contributed by atoms with Crippen molar-refractivity contribution in [3.63, 3.8) is 0 Å². The molecular weight excluding hydrogens is 202 g/mol. The summed E-state index contributed by atoms with van der Waals surface area (Å²) < 4.78 is 0. The van der Waals surface area contributed by atoms with E-state index in [1.807, 2.05) is 0 Å². The highest BCUT2D eigenvalue weighted by atomic mass is 35.5. The molecule has 1 aliphatic rings. The van der Waals surface area contributed by atoms with E-state index in [2.05, 4.69) is 4.98 Å². The van der Waals surface area contributed by atoms with Gasteiger partial charge in [0.25, 0.3) is 0 Å². The second-order valence-electron chi connectivity index (χ2n) is 3.59. The lowest BCUT2D eigenvalue weighted by atomic mass is 9.96. The number of pyridine rings is 1. The van der Waals surface area contributed by atoms with Gasteiger partial charge in [-0.3, -0.25) is 9.78 Å². The zero-order valence-corrected chi connectivity index (χ0v) is 8.24. The average molecular weight is 212 g/mol. The summed E-state index contributed by atoms with van der Waals surface area (Å²) in [5.41, 5.74) is 0.715. The van der Waals surface area contributed by atoms with E-state index in [1.54, 1.807) is 12.3 Å². The van der Waals surface area contributed by atoms with Crippen molar-refractivity contribution < 1.29 is 9.90 Å². The summed E-state index contributed by atoms with van der Waals surface area (Å²) in [5, 5.41) is 9.55. The maximum Gasteiger partial charge on any atom is 0.311 e. The van der Waals surface area contributed by atoms with E-state index in [1.165, 1.54) is 6.20 Å². The Balaban J connectivity index is 2.30. The van der Waals surface area contributed by atoms with Crippen molar-refractivity contribution in [2.75, 3.05) is 0 Å². The van der Waals surface area contributed by atoms with Crippen LogP contribution in [0.15, 0.2) is 18.5 Å². The lowest BCUT2D eigenvalue weighted by Gasteiger charge is -2.10.